The van der Waals surface area contributed by atoms with Crippen LogP contribution in [-0.4, -0.2) is 11.0 Å². The van der Waals surface area contributed by atoms with E-state index in [1.54, 1.807) is 24.3 Å². The van der Waals surface area contributed by atoms with Crippen molar-refractivity contribution < 1.29 is 9.31 Å². The lowest BCUT2D eigenvalue weighted by Gasteiger charge is -2.14. The fraction of sp³-hybridized carbons (Fsp3) is 0.250. The summed E-state index contributed by atoms with van der Waals surface area (Å²) in [6.45, 7) is 2.47. The number of nitrogens with zero attached hydrogens (tertiary/aromatic N) is 1. The van der Waals surface area contributed by atoms with Crippen LogP contribution < -0.4 is 5.32 Å². The van der Waals surface area contributed by atoms with Crippen molar-refractivity contribution in [3.8, 4) is 0 Å². The number of benzene rings is 2. The van der Waals surface area contributed by atoms with Gasteiger partial charge in [-0.15, -0.1) is 0 Å². The molecule has 1 atom stereocenters. The molecule has 0 heterocycles. The Morgan fingerprint density at radius 1 is 1.24 bits per heavy atom. The second-order valence-electron chi connectivity index (χ2n) is 5.00. The van der Waals surface area contributed by atoms with E-state index in [0.717, 1.165) is 5.56 Å². The Labute approximate surface area is 122 Å². The average molecular weight is 288 g/mol. The van der Waals surface area contributed by atoms with E-state index < -0.39 is 4.92 Å². The molecule has 0 saturated heterocycles. The number of hydrogen-bond acceptors (Lipinski definition) is 3. The molecule has 2 rings (SSSR count). The van der Waals surface area contributed by atoms with Crippen LogP contribution in [0.4, 0.5) is 10.1 Å². The van der Waals surface area contributed by atoms with Gasteiger partial charge in [-0.2, -0.15) is 0 Å². The second kappa shape index (κ2) is 6.95. The minimum atomic E-state index is -0.410. The summed E-state index contributed by atoms with van der Waals surface area (Å²) >= 11 is 0. The van der Waals surface area contributed by atoms with Gasteiger partial charge in [-0.1, -0.05) is 30.3 Å². The third-order valence-electron chi connectivity index (χ3n) is 3.26. The van der Waals surface area contributed by atoms with Crippen LogP contribution in [0.3, 0.4) is 0 Å². The molecular formula is C16H17FN2O2. The summed E-state index contributed by atoms with van der Waals surface area (Å²) in [5.41, 5.74) is 1.58. The van der Waals surface area contributed by atoms with E-state index in [0.29, 0.717) is 18.5 Å². The summed E-state index contributed by atoms with van der Waals surface area (Å²) < 4.78 is 13.6. The van der Waals surface area contributed by atoms with Gasteiger partial charge in [0, 0.05) is 24.7 Å². The first-order valence-corrected chi connectivity index (χ1v) is 6.76. The smallest absolute Gasteiger partial charge is 0.269 e. The molecule has 1 unspecified atom stereocenters. The first-order chi connectivity index (χ1) is 10.1. The number of non-ortho nitro benzene ring substituents is 1. The maximum absolute atomic E-state index is 13.6. The normalized spacial score (nSPS) is 12.1. The van der Waals surface area contributed by atoms with Crippen molar-refractivity contribution in [2.24, 2.45) is 0 Å². The standard InChI is InChI=1S/C16H17FN2O2/c1-12(9-14-6-2-3-8-16(14)17)18-11-13-5-4-7-15(10-13)19(20)21/h2-8,10,12,18H,9,11H2,1H3. The second-order valence-corrected chi connectivity index (χ2v) is 5.00. The van der Waals surface area contributed by atoms with E-state index in [4.69, 9.17) is 0 Å². The Kier molecular flexibility index (Phi) is 5.00. The SMILES string of the molecule is CC(Cc1ccccc1F)NCc1cccc([N+](=O)[O-])c1. The molecule has 0 spiro atoms. The van der Waals surface area contributed by atoms with Gasteiger partial charge in [-0.3, -0.25) is 10.1 Å². The molecule has 4 nitrogen and oxygen atoms in total. The van der Waals surface area contributed by atoms with Gasteiger partial charge in [0.2, 0.25) is 0 Å². The van der Waals surface area contributed by atoms with E-state index >= 15 is 0 Å². The quantitative estimate of drug-likeness (QED) is 0.654. The van der Waals surface area contributed by atoms with Gasteiger partial charge >= 0.3 is 0 Å². The highest BCUT2D eigenvalue weighted by atomic mass is 19.1. The molecular weight excluding hydrogens is 271 g/mol. The number of hydrogen-bond donors (Lipinski definition) is 1. The summed E-state index contributed by atoms with van der Waals surface area (Å²) in [5, 5.41) is 14.0. The van der Waals surface area contributed by atoms with E-state index in [2.05, 4.69) is 5.32 Å². The van der Waals surface area contributed by atoms with Crippen LogP contribution >= 0.6 is 0 Å². The topological polar surface area (TPSA) is 55.2 Å². The molecule has 0 amide bonds. The Hall–Kier alpha value is -2.27. The molecule has 110 valence electrons. The van der Waals surface area contributed by atoms with Gasteiger partial charge in [-0.05, 0) is 30.5 Å². The lowest BCUT2D eigenvalue weighted by Crippen LogP contribution is -2.27. The molecule has 0 aromatic heterocycles. The van der Waals surface area contributed by atoms with Gasteiger partial charge < -0.3 is 5.32 Å². The zero-order valence-corrected chi connectivity index (χ0v) is 11.8. The molecule has 0 aliphatic carbocycles. The van der Waals surface area contributed by atoms with Crippen molar-refractivity contribution in [3.63, 3.8) is 0 Å². The molecule has 21 heavy (non-hydrogen) atoms. The predicted molar refractivity (Wildman–Crippen MR) is 79.5 cm³/mol. The fourth-order valence-corrected chi connectivity index (χ4v) is 2.14. The first kappa shape index (κ1) is 15.1. The van der Waals surface area contributed by atoms with Crippen LogP contribution in [0.5, 0.6) is 0 Å². The lowest BCUT2D eigenvalue weighted by molar-refractivity contribution is -0.384. The van der Waals surface area contributed by atoms with Crippen LogP contribution in [0.15, 0.2) is 48.5 Å². The summed E-state index contributed by atoms with van der Waals surface area (Å²) in [4.78, 5) is 10.3. The first-order valence-electron chi connectivity index (χ1n) is 6.76. The van der Waals surface area contributed by atoms with Gasteiger partial charge in [0.15, 0.2) is 0 Å². The van der Waals surface area contributed by atoms with E-state index in [1.807, 2.05) is 19.1 Å². The number of nitro groups is 1. The summed E-state index contributed by atoms with van der Waals surface area (Å²) in [7, 11) is 0. The average Bonchev–Trinajstić information content (AvgIpc) is 2.48. The maximum Gasteiger partial charge on any atom is 0.269 e. The summed E-state index contributed by atoms with van der Waals surface area (Å²) in [5.74, 6) is -0.207. The molecule has 2 aromatic rings. The highest BCUT2D eigenvalue weighted by Crippen LogP contribution is 2.14. The van der Waals surface area contributed by atoms with Crippen molar-refractivity contribution >= 4 is 5.69 Å². The molecule has 2 aromatic carbocycles. The number of halogens is 1. The molecule has 0 aliphatic heterocycles. The Morgan fingerprint density at radius 3 is 2.71 bits per heavy atom. The van der Waals surface area contributed by atoms with Crippen molar-refractivity contribution in [1.29, 1.82) is 0 Å². The maximum atomic E-state index is 13.6. The van der Waals surface area contributed by atoms with Gasteiger partial charge in [-0.25, -0.2) is 4.39 Å². The van der Waals surface area contributed by atoms with Crippen LogP contribution in [0, 0.1) is 15.9 Å². The van der Waals surface area contributed by atoms with E-state index in [9.17, 15) is 14.5 Å². The molecule has 0 radical (unpaired) electrons. The van der Waals surface area contributed by atoms with Crippen molar-refractivity contribution in [2.75, 3.05) is 0 Å². The van der Waals surface area contributed by atoms with E-state index in [1.165, 1.54) is 12.1 Å². The van der Waals surface area contributed by atoms with Crippen molar-refractivity contribution in [2.45, 2.75) is 25.9 Å². The van der Waals surface area contributed by atoms with Crippen LogP contribution in [-0.2, 0) is 13.0 Å². The Bertz CT molecular complexity index is 631. The highest BCUT2D eigenvalue weighted by molar-refractivity contribution is 5.34. The molecule has 0 aliphatic rings. The van der Waals surface area contributed by atoms with Crippen molar-refractivity contribution in [1.82, 2.24) is 5.32 Å². The summed E-state index contributed by atoms with van der Waals surface area (Å²) in [6, 6.07) is 13.3. The zero-order valence-electron chi connectivity index (χ0n) is 11.8. The molecule has 0 bridgehead atoms. The highest BCUT2D eigenvalue weighted by Gasteiger charge is 2.09. The van der Waals surface area contributed by atoms with E-state index in [-0.39, 0.29) is 17.5 Å². The largest absolute Gasteiger partial charge is 0.310 e. The van der Waals surface area contributed by atoms with Gasteiger partial charge in [0.05, 0.1) is 4.92 Å². The van der Waals surface area contributed by atoms with Crippen molar-refractivity contribution in [3.05, 3.63) is 75.6 Å². The monoisotopic (exact) mass is 288 g/mol. The molecule has 0 saturated carbocycles. The third-order valence-corrected chi connectivity index (χ3v) is 3.26. The minimum absolute atomic E-state index is 0.0705. The van der Waals surface area contributed by atoms with Crippen LogP contribution in [0.1, 0.15) is 18.1 Å². The molecule has 5 heteroatoms. The van der Waals surface area contributed by atoms with Crippen LogP contribution in [0.25, 0.3) is 0 Å². The Balaban J connectivity index is 1.92. The molecule has 0 fully saturated rings. The van der Waals surface area contributed by atoms with Gasteiger partial charge in [0.1, 0.15) is 5.82 Å². The lowest BCUT2D eigenvalue weighted by atomic mass is 10.1. The minimum Gasteiger partial charge on any atom is -0.310 e. The Morgan fingerprint density at radius 2 is 2.00 bits per heavy atom. The third kappa shape index (κ3) is 4.36. The van der Waals surface area contributed by atoms with Gasteiger partial charge in [0.25, 0.3) is 5.69 Å². The fourth-order valence-electron chi connectivity index (χ4n) is 2.14. The molecule has 1 N–H and O–H groups in total. The number of nitrogens with one attached hydrogen (secondary N) is 1. The van der Waals surface area contributed by atoms with Crippen LogP contribution in [0.2, 0.25) is 0 Å². The summed E-state index contributed by atoms with van der Waals surface area (Å²) in [6.07, 6.45) is 0.571. The zero-order chi connectivity index (χ0) is 15.2. The number of nitro benzene ring substituents is 1. The predicted octanol–water partition coefficient (Wildman–Crippen LogP) is 3.45. The number of rotatable bonds is 6.